The molecule has 0 atom stereocenters. The Morgan fingerprint density at radius 2 is 2.12 bits per heavy atom. The van der Waals surface area contributed by atoms with Crippen LogP contribution in [0.15, 0.2) is 35.6 Å². The molecule has 0 aromatic carbocycles. The number of guanidine groups is 1. The molecule has 0 fully saturated rings. The van der Waals surface area contributed by atoms with E-state index < -0.39 is 0 Å². The SMILES string of the molecule is CCNC(=NCCc1ncc(C)s1)NCCc1nnc2ccccn12.I. The maximum atomic E-state index is 4.62. The van der Waals surface area contributed by atoms with Gasteiger partial charge in [0.15, 0.2) is 11.6 Å². The van der Waals surface area contributed by atoms with E-state index >= 15 is 0 Å². The van der Waals surface area contributed by atoms with E-state index in [9.17, 15) is 0 Å². The average molecular weight is 485 g/mol. The van der Waals surface area contributed by atoms with Crippen LogP contribution >= 0.6 is 35.3 Å². The van der Waals surface area contributed by atoms with Gasteiger partial charge >= 0.3 is 0 Å². The molecule has 0 aliphatic rings. The number of pyridine rings is 1. The van der Waals surface area contributed by atoms with E-state index in [0.717, 1.165) is 54.9 Å². The van der Waals surface area contributed by atoms with E-state index in [-0.39, 0.29) is 24.0 Å². The maximum absolute atomic E-state index is 4.62. The van der Waals surface area contributed by atoms with Crippen molar-refractivity contribution in [2.45, 2.75) is 26.7 Å². The summed E-state index contributed by atoms with van der Waals surface area (Å²) in [6.45, 7) is 6.43. The molecule has 26 heavy (non-hydrogen) atoms. The van der Waals surface area contributed by atoms with Gasteiger partial charge in [-0.05, 0) is 26.0 Å². The Bertz CT molecular complexity index is 842. The molecule has 0 unspecified atom stereocenters. The van der Waals surface area contributed by atoms with Crippen LogP contribution in [0.2, 0.25) is 0 Å². The average Bonchev–Trinajstić information content (AvgIpc) is 3.21. The van der Waals surface area contributed by atoms with E-state index in [1.54, 1.807) is 11.3 Å². The fraction of sp³-hybridized carbons (Fsp3) is 0.412. The standard InChI is InChI=1S/C17H23N7S.HI/c1-3-18-17(20-10-8-16-21-12-13(2)25-16)19-9-7-15-23-22-14-6-4-5-11-24(14)15;/h4-6,11-12H,3,7-10H2,1-2H3,(H2,18,19,20);1H. The number of hydrogen-bond acceptors (Lipinski definition) is 5. The van der Waals surface area contributed by atoms with Crippen LogP contribution in [0.1, 0.15) is 22.6 Å². The molecule has 0 aliphatic carbocycles. The fourth-order valence-corrected chi connectivity index (χ4v) is 3.25. The van der Waals surface area contributed by atoms with Crippen molar-refractivity contribution in [3.05, 3.63) is 46.3 Å². The van der Waals surface area contributed by atoms with Crippen molar-refractivity contribution in [3.63, 3.8) is 0 Å². The zero-order valence-electron chi connectivity index (χ0n) is 15.0. The molecule has 3 aromatic rings. The molecule has 0 bridgehead atoms. The Hall–Kier alpha value is -1.75. The largest absolute Gasteiger partial charge is 0.357 e. The molecule has 3 rings (SSSR count). The minimum Gasteiger partial charge on any atom is -0.357 e. The molecule has 0 saturated heterocycles. The second-order valence-corrected chi connectivity index (χ2v) is 6.92. The predicted octanol–water partition coefficient (Wildman–Crippen LogP) is 2.45. The Morgan fingerprint density at radius 3 is 2.88 bits per heavy atom. The highest BCUT2D eigenvalue weighted by Gasteiger charge is 2.05. The van der Waals surface area contributed by atoms with Gasteiger partial charge in [-0.1, -0.05) is 6.07 Å². The van der Waals surface area contributed by atoms with Crippen LogP contribution in [0.4, 0.5) is 0 Å². The van der Waals surface area contributed by atoms with Crippen LogP contribution in [0.3, 0.4) is 0 Å². The maximum Gasteiger partial charge on any atom is 0.191 e. The van der Waals surface area contributed by atoms with Gasteiger partial charge in [0.1, 0.15) is 5.82 Å². The van der Waals surface area contributed by atoms with E-state index in [1.807, 2.05) is 35.0 Å². The third-order valence-electron chi connectivity index (χ3n) is 3.63. The highest BCUT2D eigenvalue weighted by molar-refractivity contribution is 14.0. The lowest BCUT2D eigenvalue weighted by Gasteiger charge is -2.10. The summed E-state index contributed by atoms with van der Waals surface area (Å²) in [5, 5.41) is 16.2. The lowest BCUT2D eigenvalue weighted by molar-refractivity contribution is 0.762. The summed E-state index contributed by atoms with van der Waals surface area (Å²) in [5.41, 5.74) is 0.872. The minimum absolute atomic E-state index is 0. The number of fused-ring (bicyclic) bond motifs is 1. The topological polar surface area (TPSA) is 79.5 Å². The summed E-state index contributed by atoms with van der Waals surface area (Å²) in [5.74, 6) is 1.77. The van der Waals surface area contributed by atoms with Gasteiger partial charge in [0.05, 0.1) is 5.01 Å². The summed E-state index contributed by atoms with van der Waals surface area (Å²) < 4.78 is 2.01. The van der Waals surface area contributed by atoms with Crippen molar-refractivity contribution in [2.75, 3.05) is 19.6 Å². The van der Waals surface area contributed by atoms with Crippen LogP contribution < -0.4 is 10.6 Å². The summed E-state index contributed by atoms with van der Waals surface area (Å²) >= 11 is 1.73. The summed E-state index contributed by atoms with van der Waals surface area (Å²) in [4.78, 5) is 10.2. The first-order valence-corrected chi connectivity index (χ1v) is 9.30. The predicted molar refractivity (Wildman–Crippen MR) is 117 cm³/mol. The first kappa shape index (κ1) is 20.6. The fourth-order valence-electron chi connectivity index (χ4n) is 2.48. The molecule has 140 valence electrons. The number of halogens is 1. The van der Waals surface area contributed by atoms with Crippen molar-refractivity contribution in [2.24, 2.45) is 4.99 Å². The van der Waals surface area contributed by atoms with Gasteiger partial charge in [-0.25, -0.2) is 4.98 Å². The van der Waals surface area contributed by atoms with Crippen molar-refractivity contribution >= 4 is 46.9 Å². The van der Waals surface area contributed by atoms with Crippen LogP contribution in [0.5, 0.6) is 0 Å². The van der Waals surface area contributed by atoms with Crippen molar-refractivity contribution in [1.82, 2.24) is 30.2 Å². The molecule has 7 nitrogen and oxygen atoms in total. The van der Waals surface area contributed by atoms with Crippen LogP contribution in [-0.4, -0.2) is 45.2 Å². The quantitative estimate of drug-likeness (QED) is 0.306. The number of aliphatic imine (C=N–C) groups is 1. The number of rotatable bonds is 7. The van der Waals surface area contributed by atoms with Gasteiger partial charge in [0.25, 0.3) is 0 Å². The Morgan fingerprint density at radius 1 is 1.23 bits per heavy atom. The third-order valence-corrected chi connectivity index (χ3v) is 4.61. The number of nitrogens with zero attached hydrogens (tertiary/aromatic N) is 5. The summed E-state index contributed by atoms with van der Waals surface area (Å²) in [6, 6.07) is 5.90. The molecule has 3 aromatic heterocycles. The molecule has 9 heteroatoms. The normalized spacial score (nSPS) is 11.4. The van der Waals surface area contributed by atoms with Crippen molar-refractivity contribution in [3.8, 4) is 0 Å². The molecule has 0 radical (unpaired) electrons. The highest BCUT2D eigenvalue weighted by atomic mass is 127. The molecule has 0 saturated carbocycles. The molecule has 2 N–H and O–H groups in total. The van der Waals surface area contributed by atoms with Crippen molar-refractivity contribution in [1.29, 1.82) is 0 Å². The Kier molecular flexibility index (Phi) is 8.23. The first-order valence-electron chi connectivity index (χ1n) is 8.48. The zero-order valence-corrected chi connectivity index (χ0v) is 18.1. The molecule has 0 aliphatic heterocycles. The van der Waals surface area contributed by atoms with Gasteiger partial charge in [-0.15, -0.1) is 45.5 Å². The lowest BCUT2D eigenvalue weighted by Crippen LogP contribution is -2.38. The van der Waals surface area contributed by atoms with Gasteiger partial charge < -0.3 is 10.6 Å². The van der Waals surface area contributed by atoms with Crippen molar-refractivity contribution < 1.29 is 0 Å². The van der Waals surface area contributed by atoms with Gasteiger partial charge in [0, 0.05) is 49.7 Å². The second-order valence-electron chi connectivity index (χ2n) is 5.60. The number of thiazole rings is 1. The van der Waals surface area contributed by atoms with Gasteiger partial charge in [-0.2, -0.15) is 0 Å². The van der Waals surface area contributed by atoms with E-state index in [1.165, 1.54) is 4.88 Å². The van der Waals surface area contributed by atoms with Gasteiger partial charge in [0.2, 0.25) is 0 Å². The van der Waals surface area contributed by atoms with E-state index in [0.29, 0.717) is 0 Å². The molecule has 0 amide bonds. The molecular weight excluding hydrogens is 461 g/mol. The Balaban J connectivity index is 0.00000243. The van der Waals surface area contributed by atoms with Crippen LogP contribution in [-0.2, 0) is 12.8 Å². The lowest BCUT2D eigenvalue weighted by atomic mass is 10.4. The zero-order chi connectivity index (χ0) is 17.5. The number of hydrogen-bond donors (Lipinski definition) is 2. The second kappa shape index (κ2) is 10.4. The smallest absolute Gasteiger partial charge is 0.191 e. The highest BCUT2D eigenvalue weighted by Crippen LogP contribution is 2.11. The Labute approximate surface area is 174 Å². The molecular formula is C17H24IN7S. The first-order chi connectivity index (χ1) is 12.3. The molecule has 3 heterocycles. The minimum atomic E-state index is 0. The summed E-state index contributed by atoms with van der Waals surface area (Å²) in [7, 11) is 0. The number of aryl methyl sites for hydroxylation is 1. The van der Waals surface area contributed by atoms with Gasteiger partial charge in [-0.3, -0.25) is 9.39 Å². The summed E-state index contributed by atoms with van der Waals surface area (Å²) in [6.07, 6.45) is 5.54. The van der Waals surface area contributed by atoms with E-state index in [2.05, 4.69) is 44.7 Å². The van der Waals surface area contributed by atoms with Crippen LogP contribution in [0.25, 0.3) is 5.65 Å². The number of aromatic nitrogens is 4. The number of nitrogens with one attached hydrogen (secondary N) is 2. The van der Waals surface area contributed by atoms with E-state index in [4.69, 9.17) is 0 Å². The monoisotopic (exact) mass is 485 g/mol. The third kappa shape index (κ3) is 5.63. The van der Waals surface area contributed by atoms with Crippen LogP contribution in [0, 0.1) is 6.92 Å². The molecule has 0 spiro atoms.